The topological polar surface area (TPSA) is 119 Å². The van der Waals surface area contributed by atoms with E-state index in [2.05, 4.69) is 5.32 Å². The zero-order valence-corrected chi connectivity index (χ0v) is 15.9. The van der Waals surface area contributed by atoms with Crippen molar-refractivity contribution >= 4 is 17.6 Å². The summed E-state index contributed by atoms with van der Waals surface area (Å²) in [6.45, 7) is 4.89. The molecule has 0 aliphatic carbocycles. The highest BCUT2D eigenvalue weighted by Crippen LogP contribution is 2.26. The first-order chi connectivity index (χ1) is 13.2. The number of nitro groups is 1. The lowest BCUT2D eigenvalue weighted by molar-refractivity contribution is -0.384. The van der Waals surface area contributed by atoms with Crippen LogP contribution in [-0.2, 0) is 4.79 Å². The van der Waals surface area contributed by atoms with Crippen LogP contribution in [0.15, 0.2) is 36.4 Å². The number of amides is 1. The number of non-ortho nitro benzene ring substituents is 1. The fraction of sp³-hybridized carbons (Fsp3) is 0.300. The Balaban J connectivity index is 2.22. The Labute approximate surface area is 162 Å². The van der Waals surface area contributed by atoms with E-state index in [0.717, 1.165) is 0 Å². The van der Waals surface area contributed by atoms with Gasteiger partial charge in [0.05, 0.1) is 11.0 Å². The van der Waals surface area contributed by atoms with Gasteiger partial charge in [0, 0.05) is 17.7 Å². The molecular weight excluding hydrogens is 364 g/mol. The first-order valence-corrected chi connectivity index (χ1v) is 8.74. The fourth-order valence-corrected chi connectivity index (χ4v) is 2.96. The van der Waals surface area contributed by atoms with Crippen LogP contribution in [0, 0.1) is 24.0 Å². The largest absolute Gasteiger partial charge is 0.481 e. The molecule has 1 amide bonds. The number of ether oxygens (including phenoxy) is 1. The molecule has 0 aromatic heterocycles. The average Bonchev–Trinajstić information content (AvgIpc) is 2.64. The van der Waals surface area contributed by atoms with Gasteiger partial charge in [-0.15, -0.1) is 0 Å². The predicted octanol–water partition coefficient (Wildman–Crippen LogP) is 3.56. The van der Waals surface area contributed by atoms with Crippen molar-refractivity contribution in [1.82, 2.24) is 5.32 Å². The molecule has 1 unspecified atom stereocenters. The first kappa shape index (κ1) is 20.9. The summed E-state index contributed by atoms with van der Waals surface area (Å²) in [7, 11) is 0. The summed E-state index contributed by atoms with van der Waals surface area (Å²) in [6.07, 6.45) is 0.560. The molecule has 8 nitrogen and oxygen atoms in total. The Morgan fingerprint density at radius 1 is 1.21 bits per heavy atom. The number of rotatable bonds is 8. The van der Waals surface area contributed by atoms with Crippen molar-refractivity contribution in [1.29, 1.82) is 0 Å². The normalized spacial score (nSPS) is 11.5. The SMILES string of the molecule is CCC(NC(=O)c1cc(C)c(OCC(=O)O)c(C)c1)c1cccc([N+](=O)[O-])c1. The average molecular weight is 386 g/mol. The van der Waals surface area contributed by atoms with E-state index in [1.54, 1.807) is 38.1 Å². The number of benzene rings is 2. The number of nitrogens with one attached hydrogen (secondary N) is 1. The van der Waals surface area contributed by atoms with E-state index in [1.807, 2.05) is 6.92 Å². The van der Waals surface area contributed by atoms with Crippen LogP contribution in [-0.4, -0.2) is 28.5 Å². The Bertz CT molecular complexity index is 886. The molecule has 0 fully saturated rings. The van der Waals surface area contributed by atoms with E-state index in [0.29, 0.717) is 34.4 Å². The molecule has 2 rings (SSSR count). The molecule has 0 aliphatic rings. The molecule has 0 saturated carbocycles. The van der Waals surface area contributed by atoms with E-state index in [1.165, 1.54) is 12.1 Å². The van der Waals surface area contributed by atoms with Gasteiger partial charge in [0.25, 0.3) is 11.6 Å². The lowest BCUT2D eigenvalue weighted by atomic mass is 10.0. The molecule has 28 heavy (non-hydrogen) atoms. The van der Waals surface area contributed by atoms with Crippen molar-refractivity contribution in [3.63, 3.8) is 0 Å². The van der Waals surface area contributed by atoms with Crippen molar-refractivity contribution in [3.05, 3.63) is 68.8 Å². The molecular formula is C20H22N2O6. The minimum atomic E-state index is -1.08. The fourth-order valence-electron chi connectivity index (χ4n) is 2.96. The number of hydrogen-bond donors (Lipinski definition) is 2. The number of carboxylic acids is 1. The summed E-state index contributed by atoms with van der Waals surface area (Å²) < 4.78 is 5.28. The monoisotopic (exact) mass is 386 g/mol. The molecule has 2 aromatic carbocycles. The van der Waals surface area contributed by atoms with E-state index in [4.69, 9.17) is 9.84 Å². The highest BCUT2D eigenvalue weighted by Gasteiger charge is 2.18. The predicted molar refractivity (Wildman–Crippen MR) is 103 cm³/mol. The van der Waals surface area contributed by atoms with Crippen LogP contribution in [0.4, 0.5) is 5.69 Å². The van der Waals surface area contributed by atoms with Gasteiger partial charge in [-0.1, -0.05) is 19.1 Å². The number of hydrogen-bond acceptors (Lipinski definition) is 5. The third-order valence-corrected chi connectivity index (χ3v) is 4.26. The maximum absolute atomic E-state index is 12.7. The summed E-state index contributed by atoms with van der Waals surface area (Å²) in [5.74, 6) is -0.970. The summed E-state index contributed by atoms with van der Waals surface area (Å²) >= 11 is 0. The van der Waals surface area contributed by atoms with Gasteiger partial charge < -0.3 is 15.2 Å². The van der Waals surface area contributed by atoms with E-state index < -0.39 is 17.5 Å². The summed E-state index contributed by atoms with van der Waals surface area (Å²) in [5.41, 5.74) is 2.32. The van der Waals surface area contributed by atoms with Crippen molar-refractivity contribution in [3.8, 4) is 5.75 Å². The number of carbonyl (C=O) groups is 2. The number of aryl methyl sites for hydroxylation is 2. The maximum Gasteiger partial charge on any atom is 0.341 e. The highest BCUT2D eigenvalue weighted by molar-refractivity contribution is 5.95. The third kappa shape index (κ3) is 5.06. The second-order valence-corrected chi connectivity index (χ2v) is 6.41. The molecule has 8 heteroatoms. The second kappa shape index (κ2) is 8.98. The highest BCUT2D eigenvalue weighted by atomic mass is 16.6. The minimum Gasteiger partial charge on any atom is -0.481 e. The number of nitro benzene ring substituents is 1. The minimum absolute atomic E-state index is 0.0307. The van der Waals surface area contributed by atoms with E-state index in [-0.39, 0.29) is 17.6 Å². The van der Waals surface area contributed by atoms with Crippen LogP contribution in [0.1, 0.15) is 46.4 Å². The van der Waals surface area contributed by atoms with Gasteiger partial charge in [-0.3, -0.25) is 14.9 Å². The molecule has 0 radical (unpaired) electrons. The summed E-state index contributed by atoms with van der Waals surface area (Å²) in [5, 5.41) is 22.6. The number of carbonyl (C=O) groups excluding carboxylic acids is 1. The zero-order valence-electron chi connectivity index (χ0n) is 15.9. The van der Waals surface area contributed by atoms with Gasteiger partial charge in [-0.25, -0.2) is 4.79 Å². The van der Waals surface area contributed by atoms with Crippen molar-refractivity contribution in [2.75, 3.05) is 6.61 Å². The van der Waals surface area contributed by atoms with Crippen molar-refractivity contribution < 1.29 is 24.4 Å². The van der Waals surface area contributed by atoms with Crippen LogP contribution in [0.25, 0.3) is 0 Å². The molecule has 0 heterocycles. The molecule has 0 aliphatic heterocycles. The standard InChI is InChI=1S/C20H22N2O6/c1-4-17(14-6-5-7-16(10-14)22(26)27)21-20(25)15-8-12(2)19(13(3)9-15)28-11-18(23)24/h5-10,17H,4,11H2,1-3H3,(H,21,25)(H,23,24). The van der Waals surface area contributed by atoms with Gasteiger partial charge in [0.2, 0.25) is 0 Å². The van der Waals surface area contributed by atoms with Crippen LogP contribution < -0.4 is 10.1 Å². The van der Waals surface area contributed by atoms with Gasteiger partial charge >= 0.3 is 5.97 Å². The van der Waals surface area contributed by atoms with Crippen LogP contribution in [0.3, 0.4) is 0 Å². The third-order valence-electron chi connectivity index (χ3n) is 4.26. The van der Waals surface area contributed by atoms with E-state index >= 15 is 0 Å². The van der Waals surface area contributed by atoms with Gasteiger partial charge in [-0.05, 0) is 49.1 Å². The smallest absolute Gasteiger partial charge is 0.341 e. The number of carboxylic acid groups (broad SMARTS) is 1. The van der Waals surface area contributed by atoms with Crippen molar-refractivity contribution in [2.45, 2.75) is 33.2 Å². The van der Waals surface area contributed by atoms with Crippen LogP contribution in [0.2, 0.25) is 0 Å². The zero-order chi connectivity index (χ0) is 20.8. The summed E-state index contributed by atoms with van der Waals surface area (Å²) in [4.78, 5) is 33.9. The number of aliphatic carboxylic acids is 1. The lowest BCUT2D eigenvalue weighted by Gasteiger charge is -2.18. The van der Waals surface area contributed by atoms with Gasteiger partial charge in [-0.2, -0.15) is 0 Å². The molecule has 1 atom stereocenters. The molecule has 148 valence electrons. The quantitative estimate of drug-likeness (QED) is 0.529. The maximum atomic E-state index is 12.7. The van der Waals surface area contributed by atoms with Gasteiger partial charge in [0.15, 0.2) is 6.61 Å². The Kier molecular flexibility index (Phi) is 6.70. The molecule has 0 bridgehead atoms. The molecule has 0 saturated heterocycles. The number of nitrogens with zero attached hydrogens (tertiary/aromatic N) is 1. The Morgan fingerprint density at radius 3 is 2.39 bits per heavy atom. The van der Waals surface area contributed by atoms with E-state index in [9.17, 15) is 19.7 Å². The van der Waals surface area contributed by atoms with Crippen molar-refractivity contribution in [2.24, 2.45) is 0 Å². The first-order valence-electron chi connectivity index (χ1n) is 8.74. The molecule has 0 spiro atoms. The Morgan fingerprint density at radius 2 is 1.86 bits per heavy atom. The molecule has 2 aromatic rings. The van der Waals surface area contributed by atoms with Gasteiger partial charge in [0.1, 0.15) is 5.75 Å². The van der Waals surface area contributed by atoms with Crippen LogP contribution in [0.5, 0.6) is 5.75 Å². The van der Waals surface area contributed by atoms with Crippen LogP contribution >= 0.6 is 0 Å². The Hall–Kier alpha value is -3.42. The second-order valence-electron chi connectivity index (χ2n) is 6.41. The molecule has 2 N–H and O–H groups in total. The summed E-state index contributed by atoms with van der Waals surface area (Å²) in [6, 6.07) is 9.05. The lowest BCUT2D eigenvalue weighted by Crippen LogP contribution is -2.28.